The number of carbonyl (C=O) groups is 1. The molecule has 0 spiro atoms. The van der Waals surface area contributed by atoms with Gasteiger partial charge in [0, 0.05) is 5.56 Å². The van der Waals surface area contributed by atoms with E-state index in [0.29, 0.717) is 11.7 Å². The number of primary amides is 1. The first kappa shape index (κ1) is 8.10. The maximum Gasteiger partial charge on any atom is 0.248 e. The number of hydrogen-bond acceptors (Lipinski definition) is 2. The normalized spacial score (nSPS) is 15.4. The van der Waals surface area contributed by atoms with Crippen LogP contribution in [0.2, 0.25) is 0 Å². The van der Waals surface area contributed by atoms with E-state index in [1.165, 1.54) is 0 Å². The van der Waals surface area contributed by atoms with Gasteiger partial charge in [-0.1, -0.05) is 0 Å². The van der Waals surface area contributed by atoms with Gasteiger partial charge in [-0.05, 0) is 37.1 Å². The Bertz CT molecular complexity index is 314. The van der Waals surface area contributed by atoms with Crippen LogP contribution in [0.5, 0.6) is 5.75 Å². The largest absolute Gasteiger partial charge is 0.490 e. The fourth-order valence-corrected chi connectivity index (χ4v) is 1.08. The predicted octanol–water partition coefficient (Wildman–Crippen LogP) is 1.33. The van der Waals surface area contributed by atoms with Gasteiger partial charge in [0.25, 0.3) is 0 Å². The minimum absolute atomic E-state index is 0.388. The molecule has 1 saturated carbocycles. The smallest absolute Gasteiger partial charge is 0.248 e. The summed E-state index contributed by atoms with van der Waals surface area (Å²) in [6.45, 7) is 0. The van der Waals surface area contributed by atoms with Crippen LogP contribution in [0.15, 0.2) is 24.3 Å². The lowest BCUT2D eigenvalue weighted by Gasteiger charge is -2.03. The number of benzene rings is 1. The minimum atomic E-state index is -0.405. The summed E-state index contributed by atoms with van der Waals surface area (Å²) in [4.78, 5) is 10.7. The molecule has 0 aliphatic heterocycles. The molecule has 1 aliphatic rings. The second-order valence-electron chi connectivity index (χ2n) is 3.21. The van der Waals surface area contributed by atoms with Gasteiger partial charge in [-0.3, -0.25) is 4.79 Å². The van der Waals surface area contributed by atoms with Crippen LogP contribution in [0.1, 0.15) is 23.2 Å². The molecule has 0 aromatic heterocycles. The number of carbonyl (C=O) groups excluding carboxylic acids is 1. The van der Waals surface area contributed by atoms with Crippen LogP contribution >= 0.6 is 0 Å². The molecule has 13 heavy (non-hydrogen) atoms. The summed E-state index contributed by atoms with van der Waals surface area (Å²) in [5.74, 6) is 0.408. The van der Waals surface area contributed by atoms with Crippen molar-refractivity contribution in [2.24, 2.45) is 5.73 Å². The zero-order valence-electron chi connectivity index (χ0n) is 7.19. The highest BCUT2D eigenvalue weighted by atomic mass is 16.5. The molecule has 2 rings (SSSR count). The third-order valence-corrected chi connectivity index (χ3v) is 1.97. The van der Waals surface area contributed by atoms with E-state index in [4.69, 9.17) is 10.5 Å². The molecule has 68 valence electrons. The van der Waals surface area contributed by atoms with Gasteiger partial charge in [0.05, 0.1) is 6.10 Å². The Labute approximate surface area is 76.5 Å². The summed E-state index contributed by atoms with van der Waals surface area (Å²) in [5, 5.41) is 0. The van der Waals surface area contributed by atoms with E-state index in [1.807, 2.05) is 0 Å². The van der Waals surface area contributed by atoms with Crippen LogP contribution in [0.4, 0.5) is 0 Å². The van der Waals surface area contributed by atoms with Crippen LogP contribution in [0.25, 0.3) is 0 Å². The highest BCUT2D eigenvalue weighted by Crippen LogP contribution is 2.26. The van der Waals surface area contributed by atoms with E-state index in [9.17, 15) is 4.79 Å². The Morgan fingerprint density at radius 1 is 1.31 bits per heavy atom. The lowest BCUT2D eigenvalue weighted by molar-refractivity contribution is 0.100. The molecule has 1 aromatic rings. The second kappa shape index (κ2) is 3.09. The molecule has 1 fully saturated rings. The standard InChI is InChI=1S/C10H11NO2/c11-10(12)7-1-3-8(4-2-7)13-9-5-6-9/h1-4,9H,5-6H2,(H2,11,12). The molecule has 3 heteroatoms. The highest BCUT2D eigenvalue weighted by molar-refractivity contribution is 5.92. The summed E-state index contributed by atoms with van der Waals surface area (Å²) in [6, 6.07) is 6.91. The van der Waals surface area contributed by atoms with Gasteiger partial charge in [0.2, 0.25) is 5.91 Å². The molecule has 0 unspecified atom stereocenters. The lowest BCUT2D eigenvalue weighted by atomic mass is 10.2. The number of amides is 1. The molecule has 1 aliphatic carbocycles. The zero-order chi connectivity index (χ0) is 9.26. The Balaban J connectivity index is 2.08. The molecule has 3 nitrogen and oxygen atoms in total. The average Bonchev–Trinajstić information content (AvgIpc) is 2.89. The Hall–Kier alpha value is -1.51. The van der Waals surface area contributed by atoms with Crippen molar-refractivity contribution < 1.29 is 9.53 Å². The van der Waals surface area contributed by atoms with Gasteiger partial charge in [-0.2, -0.15) is 0 Å². The van der Waals surface area contributed by atoms with Crippen LogP contribution in [0.3, 0.4) is 0 Å². The lowest BCUT2D eigenvalue weighted by Crippen LogP contribution is -2.10. The molecule has 0 bridgehead atoms. The van der Waals surface area contributed by atoms with E-state index in [-0.39, 0.29) is 0 Å². The maximum absolute atomic E-state index is 10.7. The van der Waals surface area contributed by atoms with Crippen molar-refractivity contribution in [3.63, 3.8) is 0 Å². The van der Waals surface area contributed by atoms with Gasteiger partial charge in [0.1, 0.15) is 5.75 Å². The Kier molecular flexibility index (Phi) is 1.93. The average molecular weight is 177 g/mol. The van der Waals surface area contributed by atoms with Crippen molar-refractivity contribution >= 4 is 5.91 Å². The fraction of sp³-hybridized carbons (Fsp3) is 0.300. The zero-order valence-corrected chi connectivity index (χ0v) is 7.19. The van der Waals surface area contributed by atoms with Gasteiger partial charge in [0.15, 0.2) is 0 Å². The van der Waals surface area contributed by atoms with E-state index in [0.717, 1.165) is 18.6 Å². The summed E-state index contributed by atoms with van der Waals surface area (Å²) in [6.07, 6.45) is 2.66. The van der Waals surface area contributed by atoms with Crippen LogP contribution in [0, 0.1) is 0 Å². The second-order valence-corrected chi connectivity index (χ2v) is 3.21. The van der Waals surface area contributed by atoms with Crippen molar-refractivity contribution in [3.05, 3.63) is 29.8 Å². The monoisotopic (exact) mass is 177 g/mol. The minimum Gasteiger partial charge on any atom is -0.490 e. The molecule has 1 aromatic carbocycles. The van der Waals surface area contributed by atoms with E-state index >= 15 is 0 Å². The first-order chi connectivity index (χ1) is 6.25. The molecule has 1 amide bonds. The molecule has 0 atom stereocenters. The third-order valence-electron chi connectivity index (χ3n) is 1.97. The first-order valence-electron chi connectivity index (χ1n) is 4.32. The maximum atomic E-state index is 10.7. The van der Waals surface area contributed by atoms with E-state index in [2.05, 4.69) is 0 Å². The third kappa shape index (κ3) is 1.99. The van der Waals surface area contributed by atoms with Crippen LogP contribution in [-0.2, 0) is 0 Å². The van der Waals surface area contributed by atoms with Gasteiger partial charge in [-0.15, -0.1) is 0 Å². The molecule has 2 N–H and O–H groups in total. The summed E-state index contributed by atoms with van der Waals surface area (Å²) in [7, 11) is 0. The van der Waals surface area contributed by atoms with Crippen molar-refractivity contribution in [1.82, 2.24) is 0 Å². The quantitative estimate of drug-likeness (QED) is 0.757. The molecule has 0 heterocycles. The number of ether oxygens (including phenoxy) is 1. The van der Waals surface area contributed by atoms with E-state index < -0.39 is 5.91 Å². The van der Waals surface area contributed by atoms with E-state index in [1.54, 1.807) is 24.3 Å². The van der Waals surface area contributed by atoms with Crippen molar-refractivity contribution in [2.45, 2.75) is 18.9 Å². The predicted molar refractivity (Wildman–Crippen MR) is 48.6 cm³/mol. The Morgan fingerprint density at radius 2 is 1.92 bits per heavy atom. The van der Waals surface area contributed by atoms with Crippen molar-refractivity contribution in [3.8, 4) is 5.75 Å². The molecular weight excluding hydrogens is 166 g/mol. The molecular formula is C10H11NO2. The summed E-state index contributed by atoms with van der Waals surface area (Å²) in [5.41, 5.74) is 5.61. The number of rotatable bonds is 3. The van der Waals surface area contributed by atoms with Crippen molar-refractivity contribution in [1.29, 1.82) is 0 Å². The topological polar surface area (TPSA) is 52.3 Å². The van der Waals surface area contributed by atoms with Gasteiger partial charge in [-0.25, -0.2) is 0 Å². The van der Waals surface area contributed by atoms with Gasteiger partial charge >= 0.3 is 0 Å². The number of hydrogen-bond donors (Lipinski definition) is 1. The first-order valence-corrected chi connectivity index (χ1v) is 4.32. The van der Waals surface area contributed by atoms with Crippen LogP contribution in [-0.4, -0.2) is 12.0 Å². The summed E-state index contributed by atoms with van der Waals surface area (Å²) < 4.78 is 5.51. The van der Waals surface area contributed by atoms with Crippen molar-refractivity contribution in [2.75, 3.05) is 0 Å². The highest BCUT2D eigenvalue weighted by Gasteiger charge is 2.23. The number of nitrogens with two attached hydrogens (primary N) is 1. The SMILES string of the molecule is NC(=O)c1ccc(OC2CC2)cc1. The van der Waals surface area contributed by atoms with Gasteiger partial charge < -0.3 is 10.5 Å². The van der Waals surface area contributed by atoms with Crippen LogP contribution < -0.4 is 10.5 Å². The summed E-state index contributed by atoms with van der Waals surface area (Å²) >= 11 is 0. The fourth-order valence-electron chi connectivity index (χ4n) is 1.08. The molecule has 0 saturated heterocycles. The Morgan fingerprint density at radius 3 is 2.38 bits per heavy atom. The molecule has 0 radical (unpaired) electrons.